The first-order chi connectivity index (χ1) is 6.88. The molecule has 2 N–H and O–H groups in total. The Morgan fingerprint density at radius 2 is 2.00 bits per heavy atom. The van der Waals surface area contributed by atoms with Gasteiger partial charge in [0.2, 0.25) is 0 Å². The predicted octanol–water partition coefficient (Wildman–Crippen LogP) is 3.21. The predicted molar refractivity (Wildman–Crippen MR) is 53.8 cm³/mol. The third kappa shape index (κ3) is 1.77. The van der Waals surface area contributed by atoms with Gasteiger partial charge in [0.1, 0.15) is 0 Å². The van der Waals surface area contributed by atoms with Crippen LogP contribution in [-0.4, -0.2) is 4.98 Å². The number of aryl methyl sites for hydroxylation is 1. The molecule has 2 rings (SSSR count). The monoisotopic (exact) mass is 232 g/mol. The number of nitrogens with zero attached hydrogens (tertiary/aromatic N) is 1. The molecule has 2 nitrogen and oxygen atoms in total. The van der Waals surface area contributed by atoms with E-state index < -0.39 is 11.7 Å². The average Bonchev–Trinajstić information content (AvgIpc) is 2.44. The number of hydrogen-bond acceptors (Lipinski definition) is 3. The normalized spacial score (nSPS) is 12.3. The lowest BCUT2D eigenvalue weighted by atomic mass is 10.1. The number of hydrogen-bond donors (Lipinski definition) is 1. The van der Waals surface area contributed by atoms with Gasteiger partial charge in [-0.05, 0) is 24.6 Å². The highest BCUT2D eigenvalue weighted by Crippen LogP contribution is 2.35. The largest absolute Gasteiger partial charge is 0.416 e. The summed E-state index contributed by atoms with van der Waals surface area (Å²) in [6.07, 6.45) is -4.34. The van der Waals surface area contributed by atoms with E-state index >= 15 is 0 Å². The Balaban J connectivity index is 2.72. The minimum Gasteiger partial charge on any atom is -0.375 e. The van der Waals surface area contributed by atoms with Crippen LogP contribution in [0.25, 0.3) is 10.2 Å². The van der Waals surface area contributed by atoms with Crippen molar-refractivity contribution in [1.29, 1.82) is 0 Å². The number of rotatable bonds is 0. The van der Waals surface area contributed by atoms with Crippen LogP contribution in [0, 0.1) is 6.92 Å². The Labute approximate surface area is 87.5 Å². The maximum Gasteiger partial charge on any atom is 0.416 e. The van der Waals surface area contributed by atoms with Gasteiger partial charge in [-0.15, -0.1) is 0 Å². The molecule has 0 fully saturated rings. The fourth-order valence-corrected chi connectivity index (χ4v) is 2.16. The Bertz CT molecular complexity index is 516. The van der Waals surface area contributed by atoms with E-state index in [1.165, 1.54) is 11.3 Å². The van der Waals surface area contributed by atoms with E-state index in [1.54, 1.807) is 6.92 Å². The second-order valence-corrected chi connectivity index (χ2v) is 4.22. The Kier molecular flexibility index (Phi) is 2.11. The summed E-state index contributed by atoms with van der Waals surface area (Å²) < 4.78 is 38.0. The van der Waals surface area contributed by atoms with Crippen LogP contribution in [-0.2, 0) is 6.18 Å². The fourth-order valence-electron chi connectivity index (χ4n) is 1.38. The number of nitrogen functional groups attached to an aromatic ring is 1. The van der Waals surface area contributed by atoms with Crippen molar-refractivity contribution < 1.29 is 13.2 Å². The minimum atomic E-state index is -4.34. The number of nitrogens with two attached hydrogens (primary N) is 1. The second kappa shape index (κ2) is 3.10. The van der Waals surface area contributed by atoms with Crippen LogP contribution in [0.1, 0.15) is 11.1 Å². The van der Waals surface area contributed by atoms with Crippen LogP contribution in [0.4, 0.5) is 18.3 Å². The van der Waals surface area contributed by atoms with E-state index in [0.29, 0.717) is 15.8 Å². The van der Waals surface area contributed by atoms with Crippen molar-refractivity contribution in [3.63, 3.8) is 0 Å². The maximum atomic E-state index is 12.4. The van der Waals surface area contributed by atoms with Crippen molar-refractivity contribution in [1.82, 2.24) is 4.98 Å². The van der Waals surface area contributed by atoms with Gasteiger partial charge < -0.3 is 5.73 Å². The molecule has 0 aliphatic rings. The first kappa shape index (κ1) is 10.2. The van der Waals surface area contributed by atoms with E-state index in [-0.39, 0.29) is 5.13 Å². The third-order valence-electron chi connectivity index (χ3n) is 2.02. The highest BCUT2D eigenvalue weighted by atomic mass is 32.1. The topological polar surface area (TPSA) is 38.9 Å². The van der Waals surface area contributed by atoms with E-state index in [0.717, 1.165) is 12.1 Å². The molecule has 0 bridgehead atoms. The summed E-state index contributed by atoms with van der Waals surface area (Å²) in [6, 6.07) is 2.13. The van der Waals surface area contributed by atoms with Crippen LogP contribution in [0.15, 0.2) is 12.1 Å². The highest BCUT2D eigenvalue weighted by molar-refractivity contribution is 7.22. The molecular weight excluding hydrogens is 225 g/mol. The van der Waals surface area contributed by atoms with Crippen LogP contribution in [0.2, 0.25) is 0 Å². The van der Waals surface area contributed by atoms with E-state index in [9.17, 15) is 13.2 Å². The number of alkyl halides is 3. The summed E-state index contributed by atoms with van der Waals surface area (Å²) in [5.74, 6) is 0. The lowest BCUT2D eigenvalue weighted by Crippen LogP contribution is -2.04. The van der Waals surface area contributed by atoms with Crippen molar-refractivity contribution in [2.45, 2.75) is 13.1 Å². The molecule has 0 unspecified atom stereocenters. The molecule has 1 aromatic heterocycles. The summed E-state index contributed by atoms with van der Waals surface area (Å²) in [5.41, 5.74) is 5.62. The zero-order valence-corrected chi connectivity index (χ0v) is 8.54. The molecule has 6 heteroatoms. The molecule has 0 saturated carbocycles. The minimum absolute atomic E-state index is 0.285. The van der Waals surface area contributed by atoms with Crippen molar-refractivity contribution in [2.75, 3.05) is 5.73 Å². The molecule has 0 radical (unpaired) electrons. The molecule has 0 aliphatic carbocycles. The molecule has 1 aromatic carbocycles. The maximum absolute atomic E-state index is 12.4. The zero-order valence-electron chi connectivity index (χ0n) is 7.72. The van der Waals surface area contributed by atoms with Crippen molar-refractivity contribution >= 4 is 26.7 Å². The molecule has 0 amide bonds. The van der Waals surface area contributed by atoms with Crippen molar-refractivity contribution in [3.05, 3.63) is 23.3 Å². The SMILES string of the molecule is Cc1cc(C(F)(F)F)cc2nc(N)sc12. The van der Waals surface area contributed by atoms with E-state index in [2.05, 4.69) is 4.98 Å². The van der Waals surface area contributed by atoms with Gasteiger partial charge >= 0.3 is 6.18 Å². The number of halogens is 3. The summed E-state index contributed by atoms with van der Waals surface area (Å²) in [5, 5.41) is 0.285. The van der Waals surface area contributed by atoms with Gasteiger partial charge in [0.05, 0.1) is 15.8 Å². The van der Waals surface area contributed by atoms with Gasteiger partial charge in [-0.3, -0.25) is 0 Å². The lowest BCUT2D eigenvalue weighted by Gasteiger charge is -2.07. The molecule has 0 saturated heterocycles. The van der Waals surface area contributed by atoms with Crippen molar-refractivity contribution in [3.8, 4) is 0 Å². The van der Waals surface area contributed by atoms with Crippen molar-refractivity contribution in [2.24, 2.45) is 0 Å². The smallest absolute Gasteiger partial charge is 0.375 e. The molecule has 0 spiro atoms. The molecule has 80 valence electrons. The molecule has 0 aliphatic heterocycles. The van der Waals surface area contributed by atoms with Gasteiger partial charge in [0.15, 0.2) is 5.13 Å². The fraction of sp³-hybridized carbons (Fsp3) is 0.222. The molecule has 15 heavy (non-hydrogen) atoms. The van der Waals surface area contributed by atoms with Gasteiger partial charge in [0, 0.05) is 0 Å². The van der Waals surface area contributed by atoms with E-state index in [1.807, 2.05) is 0 Å². The quantitative estimate of drug-likeness (QED) is 0.757. The van der Waals surface area contributed by atoms with E-state index in [4.69, 9.17) is 5.73 Å². The lowest BCUT2D eigenvalue weighted by molar-refractivity contribution is -0.137. The number of thiazole rings is 1. The number of aromatic nitrogens is 1. The van der Waals surface area contributed by atoms with Crippen LogP contribution in [0.5, 0.6) is 0 Å². The number of fused-ring (bicyclic) bond motifs is 1. The Morgan fingerprint density at radius 1 is 1.33 bits per heavy atom. The van der Waals surface area contributed by atoms with Crippen LogP contribution in [0.3, 0.4) is 0 Å². The summed E-state index contributed by atoms with van der Waals surface area (Å²) in [6.45, 7) is 1.62. The van der Waals surface area contributed by atoms with Crippen LogP contribution >= 0.6 is 11.3 Å². The summed E-state index contributed by atoms with van der Waals surface area (Å²) >= 11 is 1.20. The van der Waals surface area contributed by atoms with Crippen LogP contribution < -0.4 is 5.73 Å². The van der Waals surface area contributed by atoms with Gasteiger partial charge in [-0.1, -0.05) is 11.3 Å². The second-order valence-electron chi connectivity index (χ2n) is 3.19. The van der Waals surface area contributed by atoms with Gasteiger partial charge in [0.25, 0.3) is 0 Å². The molecule has 1 heterocycles. The van der Waals surface area contributed by atoms with Gasteiger partial charge in [-0.2, -0.15) is 13.2 Å². The Morgan fingerprint density at radius 3 is 2.60 bits per heavy atom. The standard InChI is InChI=1S/C9H7F3N2S/c1-4-2-5(9(10,11)12)3-6-7(4)15-8(13)14-6/h2-3H,1H3,(H2,13,14). The molecule has 2 aromatic rings. The number of benzene rings is 1. The summed E-state index contributed by atoms with van der Waals surface area (Å²) in [7, 11) is 0. The van der Waals surface area contributed by atoms with Gasteiger partial charge in [-0.25, -0.2) is 4.98 Å². The zero-order chi connectivity index (χ0) is 11.2. The summed E-state index contributed by atoms with van der Waals surface area (Å²) in [4.78, 5) is 3.84. The first-order valence-electron chi connectivity index (χ1n) is 4.12. The Hall–Kier alpha value is -1.30. The highest BCUT2D eigenvalue weighted by Gasteiger charge is 2.31. The average molecular weight is 232 g/mol. The molecule has 0 atom stereocenters. The molecular formula is C9H7F3N2S. The number of anilines is 1. The third-order valence-corrected chi connectivity index (χ3v) is 3.06. The first-order valence-corrected chi connectivity index (χ1v) is 4.93.